The van der Waals surface area contributed by atoms with Gasteiger partial charge in [-0.05, 0) is 12.1 Å². The lowest BCUT2D eigenvalue weighted by molar-refractivity contribution is -0.138. The van der Waals surface area contributed by atoms with Crippen molar-refractivity contribution in [1.82, 2.24) is 4.98 Å². The van der Waals surface area contributed by atoms with Crippen LogP contribution < -0.4 is 4.90 Å². The molecule has 80 valence electrons. The van der Waals surface area contributed by atoms with Gasteiger partial charge in [0.05, 0.1) is 6.42 Å². The minimum atomic E-state index is -0.974. The maximum atomic E-state index is 11.5. The molecule has 0 saturated heterocycles. The average Bonchev–Trinajstić information content (AvgIpc) is 2.26. The molecule has 1 N–H and O–H groups in total. The number of carboxylic acids is 1. The third-order valence-electron chi connectivity index (χ3n) is 1.92. The number of amides is 1. The second-order valence-electron chi connectivity index (χ2n) is 3.03. The minimum absolute atomic E-state index is 0.0115. The van der Waals surface area contributed by atoms with Crippen molar-refractivity contribution in [2.24, 2.45) is 0 Å². The number of carboxylic acid groups (broad SMARTS) is 1. The molecule has 5 nitrogen and oxygen atoms in total. The van der Waals surface area contributed by atoms with Crippen LogP contribution in [-0.2, 0) is 9.59 Å². The van der Waals surface area contributed by atoms with Gasteiger partial charge in [-0.1, -0.05) is 6.07 Å². The molecule has 1 aromatic rings. The van der Waals surface area contributed by atoms with Gasteiger partial charge in [0.25, 0.3) is 0 Å². The van der Waals surface area contributed by atoms with Gasteiger partial charge in [-0.25, -0.2) is 4.98 Å². The summed E-state index contributed by atoms with van der Waals surface area (Å²) >= 11 is 0. The third-order valence-corrected chi connectivity index (χ3v) is 1.92. The molecular formula is C10H12N2O3. The number of aromatic nitrogens is 1. The topological polar surface area (TPSA) is 70.5 Å². The molecule has 0 fully saturated rings. The van der Waals surface area contributed by atoms with Crippen LogP contribution in [0.2, 0.25) is 0 Å². The largest absolute Gasteiger partial charge is 0.481 e. The molecule has 0 aromatic carbocycles. The highest BCUT2D eigenvalue weighted by Crippen LogP contribution is 2.08. The third kappa shape index (κ3) is 3.38. The number of rotatable bonds is 4. The van der Waals surface area contributed by atoms with E-state index in [-0.39, 0.29) is 18.7 Å². The van der Waals surface area contributed by atoms with Crippen molar-refractivity contribution < 1.29 is 14.7 Å². The highest BCUT2D eigenvalue weighted by molar-refractivity contribution is 5.93. The second-order valence-corrected chi connectivity index (χ2v) is 3.03. The van der Waals surface area contributed by atoms with Gasteiger partial charge in [-0.15, -0.1) is 0 Å². The van der Waals surface area contributed by atoms with Crippen molar-refractivity contribution in [3.63, 3.8) is 0 Å². The fraction of sp³-hybridized carbons (Fsp3) is 0.300. The van der Waals surface area contributed by atoms with Crippen LogP contribution in [0, 0.1) is 0 Å². The Morgan fingerprint density at radius 1 is 1.40 bits per heavy atom. The smallest absolute Gasteiger partial charge is 0.303 e. The van der Waals surface area contributed by atoms with Crippen LogP contribution in [0.25, 0.3) is 0 Å². The van der Waals surface area contributed by atoms with E-state index in [1.165, 1.54) is 4.90 Å². The van der Waals surface area contributed by atoms with E-state index in [1.54, 1.807) is 31.4 Å². The first kappa shape index (κ1) is 11.2. The zero-order valence-electron chi connectivity index (χ0n) is 8.38. The highest BCUT2D eigenvalue weighted by Gasteiger charge is 2.12. The molecule has 0 aliphatic rings. The van der Waals surface area contributed by atoms with E-state index in [9.17, 15) is 9.59 Å². The van der Waals surface area contributed by atoms with Gasteiger partial charge in [-0.2, -0.15) is 0 Å². The summed E-state index contributed by atoms with van der Waals surface area (Å²) in [6.45, 7) is 0. The fourth-order valence-electron chi connectivity index (χ4n) is 1.06. The monoisotopic (exact) mass is 208 g/mol. The molecule has 1 aromatic heterocycles. The molecule has 0 unspecified atom stereocenters. The Hall–Kier alpha value is -1.91. The normalized spacial score (nSPS) is 9.67. The quantitative estimate of drug-likeness (QED) is 0.798. The predicted molar refractivity (Wildman–Crippen MR) is 54.5 cm³/mol. The minimum Gasteiger partial charge on any atom is -0.481 e. The zero-order valence-corrected chi connectivity index (χ0v) is 8.38. The molecule has 15 heavy (non-hydrogen) atoms. The van der Waals surface area contributed by atoms with Crippen LogP contribution in [0.3, 0.4) is 0 Å². The van der Waals surface area contributed by atoms with Crippen LogP contribution >= 0.6 is 0 Å². The standard InChI is InChI=1S/C10H12N2O3/c1-12(8-4-2-3-7-11-8)9(13)5-6-10(14)15/h2-4,7H,5-6H2,1H3,(H,14,15). The number of nitrogens with zero attached hydrogens (tertiary/aromatic N) is 2. The van der Waals surface area contributed by atoms with Crippen LogP contribution in [0.1, 0.15) is 12.8 Å². The van der Waals surface area contributed by atoms with E-state index in [1.807, 2.05) is 0 Å². The van der Waals surface area contributed by atoms with Crippen molar-refractivity contribution in [3.8, 4) is 0 Å². The number of aliphatic carboxylic acids is 1. The lowest BCUT2D eigenvalue weighted by atomic mass is 10.3. The number of pyridine rings is 1. The molecule has 1 heterocycles. The first-order chi connectivity index (χ1) is 7.11. The van der Waals surface area contributed by atoms with Crippen LogP contribution in [0.5, 0.6) is 0 Å². The van der Waals surface area contributed by atoms with E-state index in [2.05, 4.69) is 4.98 Å². The predicted octanol–water partition coefficient (Wildman–Crippen LogP) is 0.909. The van der Waals surface area contributed by atoms with Crippen LogP contribution in [0.15, 0.2) is 24.4 Å². The van der Waals surface area contributed by atoms with Gasteiger partial charge in [0.15, 0.2) is 0 Å². The molecule has 0 saturated carbocycles. The summed E-state index contributed by atoms with van der Waals surface area (Å²) in [6, 6.07) is 5.21. The Morgan fingerprint density at radius 2 is 2.13 bits per heavy atom. The average molecular weight is 208 g/mol. The Morgan fingerprint density at radius 3 is 2.67 bits per heavy atom. The van der Waals surface area contributed by atoms with Crippen LogP contribution in [0.4, 0.5) is 5.82 Å². The van der Waals surface area contributed by atoms with Gasteiger partial charge in [0.1, 0.15) is 5.82 Å². The molecule has 0 aliphatic carbocycles. The number of hydrogen-bond acceptors (Lipinski definition) is 3. The SMILES string of the molecule is CN(C(=O)CCC(=O)O)c1ccccn1. The van der Waals surface area contributed by atoms with Gasteiger partial charge in [-0.3, -0.25) is 14.5 Å². The second kappa shape index (κ2) is 5.09. The summed E-state index contributed by atoms with van der Waals surface area (Å²) in [5.74, 6) is -0.707. The molecule has 1 rings (SSSR count). The number of anilines is 1. The van der Waals surface area contributed by atoms with Crippen molar-refractivity contribution >= 4 is 17.7 Å². The van der Waals surface area contributed by atoms with E-state index < -0.39 is 5.97 Å². The Bertz CT molecular complexity index is 351. The molecular weight excluding hydrogens is 196 g/mol. The van der Waals surface area contributed by atoms with E-state index >= 15 is 0 Å². The Labute approximate surface area is 87.4 Å². The molecule has 5 heteroatoms. The zero-order chi connectivity index (χ0) is 11.3. The van der Waals surface area contributed by atoms with Gasteiger partial charge in [0.2, 0.25) is 5.91 Å². The summed E-state index contributed by atoms with van der Waals surface area (Å²) in [5.41, 5.74) is 0. The van der Waals surface area contributed by atoms with Crippen molar-refractivity contribution in [3.05, 3.63) is 24.4 Å². The highest BCUT2D eigenvalue weighted by atomic mass is 16.4. The molecule has 0 aliphatic heterocycles. The van der Waals surface area contributed by atoms with Crippen molar-refractivity contribution in [2.75, 3.05) is 11.9 Å². The van der Waals surface area contributed by atoms with Crippen molar-refractivity contribution in [1.29, 1.82) is 0 Å². The molecule has 0 radical (unpaired) electrons. The number of carbonyl (C=O) groups is 2. The van der Waals surface area contributed by atoms with Gasteiger partial charge in [0, 0.05) is 19.7 Å². The van der Waals surface area contributed by atoms with E-state index in [0.29, 0.717) is 5.82 Å². The summed E-state index contributed by atoms with van der Waals surface area (Å²) in [5, 5.41) is 8.43. The lowest BCUT2D eigenvalue weighted by Gasteiger charge is -2.15. The Balaban J connectivity index is 2.57. The number of carbonyl (C=O) groups excluding carboxylic acids is 1. The van der Waals surface area contributed by atoms with E-state index in [4.69, 9.17) is 5.11 Å². The van der Waals surface area contributed by atoms with Crippen LogP contribution in [-0.4, -0.2) is 29.0 Å². The van der Waals surface area contributed by atoms with Crippen molar-refractivity contribution in [2.45, 2.75) is 12.8 Å². The summed E-state index contributed by atoms with van der Waals surface area (Å²) in [4.78, 5) is 27.1. The first-order valence-corrected chi connectivity index (χ1v) is 4.50. The summed E-state index contributed by atoms with van der Waals surface area (Å²) in [7, 11) is 1.58. The molecule has 0 atom stereocenters. The first-order valence-electron chi connectivity index (χ1n) is 4.50. The van der Waals surface area contributed by atoms with Gasteiger partial charge < -0.3 is 5.11 Å². The molecule has 0 bridgehead atoms. The maximum absolute atomic E-state index is 11.5. The maximum Gasteiger partial charge on any atom is 0.303 e. The summed E-state index contributed by atoms with van der Waals surface area (Å²) in [6.07, 6.45) is 1.41. The number of hydrogen-bond donors (Lipinski definition) is 1. The fourth-order valence-corrected chi connectivity index (χ4v) is 1.06. The molecule has 0 spiro atoms. The summed E-state index contributed by atoms with van der Waals surface area (Å²) < 4.78 is 0. The van der Waals surface area contributed by atoms with E-state index in [0.717, 1.165) is 0 Å². The lowest BCUT2D eigenvalue weighted by Crippen LogP contribution is -2.27. The van der Waals surface area contributed by atoms with Gasteiger partial charge >= 0.3 is 5.97 Å². The Kier molecular flexibility index (Phi) is 3.79. The molecule has 1 amide bonds.